The highest BCUT2D eigenvalue weighted by atomic mass is 28.3. The molecule has 0 aliphatic heterocycles. The number of benzene rings is 2. The number of allylic oxidation sites excluding steroid dienone is 5. The fraction of sp³-hybridized carbons (Fsp3) is 0.269. The summed E-state index contributed by atoms with van der Waals surface area (Å²) in [7, 11) is -1.66. The third-order valence-corrected chi connectivity index (χ3v) is 8.83. The van der Waals surface area contributed by atoms with Gasteiger partial charge < -0.3 is 4.74 Å². The Hall–Kier alpha value is -2.65. The zero-order valence-corrected chi connectivity index (χ0v) is 18.7. The largest absolute Gasteiger partial charge is 0.463 e. The van der Waals surface area contributed by atoms with E-state index in [-0.39, 0.29) is 5.97 Å². The summed E-state index contributed by atoms with van der Waals surface area (Å²) in [6.45, 7) is 7.15. The van der Waals surface area contributed by atoms with Crippen molar-refractivity contribution in [1.82, 2.24) is 0 Å². The van der Waals surface area contributed by atoms with Gasteiger partial charge in [-0.1, -0.05) is 96.7 Å². The van der Waals surface area contributed by atoms with Crippen molar-refractivity contribution in [2.75, 3.05) is 6.61 Å². The van der Waals surface area contributed by atoms with Crippen LogP contribution in [0.5, 0.6) is 0 Å². The van der Waals surface area contributed by atoms with E-state index in [9.17, 15) is 4.79 Å². The second kappa shape index (κ2) is 9.70. The molecular weight excluding hydrogens is 372 g/mol. The van der Waals surface area contributed by atoms with E-state index in [0.29, 0.717) is 6.61 Å². The van der Waals surface area contributed by atoms with Crippen LogP contribution >= 0.6 is 0 Å². The maximum atomic E-state index is 12.1. The minimum atomic E-state index is -1.66. The van der Waals surface area contributed by atoms with E-state index >= 15 is 0 Å². The minimum absolute atomic E-state index is 0.254. The van der Waals surface area contributed by atoms with Gasteiger partial charge >= 0.3 is 5.97 Å². The molecule has 1 aliphatic rings. The molecular formula is C26H30O2Si. The Morgan fingerprint density at radius 3 is 2.28 bits per heavy atom. The molecule has 0 atom stereocenters. The van der Waals surface area contributed by atoms with Crippen LogP contribution in [0.3, 0.4) is 0 Å². The first-order valence-corrected chi connectivity index (χ1v) is 13.6. The van der Waals surface area contributed by atoms with Crippen molar-refractivity contribution in [3.63, 3.8) is 0 Å². The molecule has 0 saturated carbocycles. The number of carbonyl (C=O) groups excluding carboxylic acids is 1. The lowest BCUT2D eigenvalue weighted by molar-refractivity contribution is -0.137. The van der Waals surface area contributed by atoms with Crippen LogP contribution in [0.4, 0.5) is 0 Å². The van der Waals surface area contributed by atoms with E-state index in [1.165, 1.54) is 16.7 Å². The first-order valence-electron chi connectivity index (χ1n) is 10.4. The molecule has 0 heterocycles. The van der Waals surface area contributed by atoms with Crippen molar-refractivity contribution in [3.05, 3.63) is 101 Å². The molecule has 0 bridgehead atoms. The fourth-order valence-electron chi connectivity index (χ4n) is 3.85. The van der Waals surface area contributed by atoms with Gasteiger partial charge in [-0.05, 0) is 42.5 Å². The monoisotopic (exact) mass is 402 g/mol. The first kappa shape index (κ1) is 21.1. The van der Waals surface area contributed by atoms with Gasteiger partial charge in [-0.3, -0.25) is 0 Å². The zero-order chi connectivity index (χ0) is 20.7. The first-order chi connectivity index (χ1) is 14.0. The predicted octanol–water partition coefficient (Wildman–Crippen LogP) is 6.31. The molecule has 0 amide bonds. The van der Waals surface area contributed by atoms with Gasteiger partial charge in [-0.2, -0.15) is 0 Å². The van der Waals surface area contributed by atoms with Crippen LogP contribution in [0, 0.1) is 0 Å². The van der Waals surface area contributed by atoms with Crippen LogP contribution in [0.1, 0.15) is 30.9 Å². The molecule has 3 rings (SSSR count). The third kappa shape index (κ3) is 5.91. The van der Waals surface area contributed by atoms with Gasteiger partial charge in [0.15, 0.2) is 0 Å². The van der Waals surface area contributed by atoms with Crippen molar-refractivity contribution >= 4 is 19.6 Å². The Morgan fingerprint density at radius 2 is 1.62 bits per heavy atom. The van der Waals surface area contributed by atoms with Gasteiger partial charge in [-0.25, -0.2) is 4.79 Å². The van der Waals surface area contributed by atoms with Gasteiger partial charge in [0, 0.05) is 6.08 Å². The van der Waals surface area contributed by atoms with Crippen LogP contribution in [0.15, 0.2) is 89.7 Å². The van der Waals surface area contributed by atoms with Crippen molar-refractivity contribution < 1.29 is 9.53 Å². The maximum Gasteiger partial charge on any atom is 0.331 e. The Bertz CT molecular complexity index is 922. The highest BCUT2D eigenvalue weighted by Gasteiger charge is 2.27. The normalized spacial score (nSPS) is 16.0. The topological polar surface area (TPSA) is 26.3 Å². The van der Waals surface area contributed by atoms with Crippen LogP contribution in [-0.2, 0) is 15.6 Å². The summed E-state index contributed by atoms with van der Waals surface area (Å²) in [5.74, 6) is -0.254. The summed E-state index contributed by atoms with van der Waals surface area (Å²) in [5, 5.41) is 1.55. The van der Waals surface area contributed by atoms with Crippen molar-refractivity contribution in [2.45, 2.75) is 38.9 Å². The van der Waals surface area contributed by atoms with E-state index in [0.717, 1.165) is 24.5 Å². The molecule has 1 aliphatic carbocycles. The predicted molar refractivity (Wildman–Crippen MR) is 124 cm³/mol. The maximum absolute atomic E-state index is 12.1. The molecule has 0 radical (unpaired) electrons. The zero-order valence-electron chi connectivity index (χ0n) is 17.7. The number of hydrogen-bond donors (Lipinski definition) is 0. The van der Waals surface area contributed by atoms with Gasteiger partial charge in [0.1, 0.15) is 0 Å². The van der Waals surface area contributed by atoms with E-state index in [1.54, 1.807) is 11.3 Å². The Kier molecular flexibility index (Phi) is 7.05. The van der Waals surface area contributed by atoms with Crippen molar-refractivity contribution in [3.8, 4) is 0 Å². The molecule has 2 aromatic rings. The SMILES string of the molecule is CCOC(=O)/C=C1\C=C(c2ccccc2)C=C([Si](C)(C)Cc2ccccc2)CC1. The minimum Gasteiger partial charge on any atom is -0.463 e. The van der Waals surface area contributed by atoms with E-state index < -0.39 is 8.07 Å². The summed E-state index contributed by atoms with van der Waals surface area (Å²) < 4.78 is 5.15. The lowest BCUT2D eigenvalue weighted by Crippen LogP contribution is -2.32. The quantitative estimate of drug-likeness (QED) is 0.321. The molecule has 0 fully saturated rings. The van der Waals surface area contributed by atoms with Gasteiger partial charge in [0.05, 0.1) is 14.7 Å². The Balaban J connectivity index is 1.95. The molecule has 0 N–H and O–H groups in total. The van der Waals surface area contributed by atoms with Crippen LogP contribution in [0.25, 0.3) is 5.57 Å². The second-order valence-corrected chi connectivity index (χ2v) is 12.9. The van der Waals surface area contributed by atoms with Crippen LogP contribution in [-0.4, -0.2) is 20.7 Å². The lowest BCUT2D eigenvalue weighted by Gasteiger charge is -2.26. The van der Waals surface area contributed by atoms with E-state index in [2.05, 4.69) is 79.8 Å². The summed E-state index contributed by atoms with van der Waals surface area (Å²) >= 11 is 0. The molecule has 0 saturated heterocycles. The molecule has 0 spiro atoms. The smallest absolute Gasteiger partial charge is 0.331 e. The van der Waals surface area contributed by atoms with Gasteiger partial charge in [0.2, 0.25) is 0 Å². The van der Waals surface area contributed by atoms with Gasteiger partial charge in [-0.15, -0.1) is 0 Å². The number of ether oxygens (including phenoxy) is 1. The average molecular weight is 403 g/mol. The van der Waals surface area contributed by atoms with E-state index in [1.807, 2.05) is 13.0 Å². The van der Waals surface area contributed by atoms with E-state index in [4.69, 9.17) is 4.74 Å². The molecule has 0 unspecified atom stereocenters. The van der Waals surface area contributed by atoms with Crippen LogP contribution < -0.4 is 0 Å². The third-order valence-electron chi connectivity index (χ3n) is 5.41. The molecule has 0 aromatic heterocycles. The number of hydrogen-bond acceptors (Lipinski definition) is 2. The van der Waals surface area contributed by atoms with Crippen molar-refractivity contribution in [1.29, 1.82) is 0 Å². The Morgan fingerprint density at radius 1 is 0.966 bits per heavy atom. The second-order valence-electron chi connectivity index (χ2n) is 8.15. The Labute approximate surface area is 175 Å². The summed E-state index contributed by atoms with van der Waals surface area (Å²) in [6, 6.07) is 22.3. The summed E-state index contributed by atoms with van der Waals surface area (Å²) in [6.07, 6.45) is 8.06. The lowest BCUT2D eigenvalue weighted by atomic mass is 10.0. The molecule has 29 heavy (non-hydrogen) atoms. The van der Waals surface area contributed by atoms with Gasteiger partial charge in [0.25, 0.3) is 0 Å². The molecule has 2 nitrogen and oxygen atoms in total. The molecule has 3 heteroatoms. The highest BCUT2D eigenvalue weighted by Crippen LogP contribution is 2.33. The summed E-state index contributed by atoms with van der Waals surface area (Å²) in [5.41, 5.74) is 4.81. The average Bonchev–Trinajstić information content (AvgIpc) is 2.93. The fourth-order valence-corrected chi connectivity index (χ4v) is 6.68. The molecule has 2 aromatic carbocycles. The number of carbonyl (C=O) groups is 1. The number of esters is 1. The van der Waals surface area contributed by atoms with Crippen molar-refractivity contribution in [2.24, 2.45) is 0 Å². The number of rotatable bonds is 6. The standard InChI is InChI=1S/C26H30O2Si/c1-4-28-26(27)18-22-15-16-25(19-24(17-22)23-13-9-6-10-14-23)29(2,3)20-21-11-7-5-8-12-21/h5-14,17-19H,4,15-16,20H2,1-3H3/b22-18-. The molecule has 150 valence electrons. The highest BCUT2D eigenvalue weighted by molar-refractivity contribution is 6.83. The summed E-state index contributed by atoms with van der Waals surface area (Å²) in [4.78, 5) is 12.1. The van der Waals surface area contributed by atoms with Crippen LogP contribution in [0.2, 0.25) is 13.1 Å².